The fourth-order valence-electron chi connectivity index (χ4n) is 4.41. The van der Waals surface area contributed by atoms with Crippen LogP contribution in [0.5, 0.6) is 5.75 Å². The van der Waals surface area contributed by atoms with E-state index in [4.69, 9.17) is 4.74 Å². The number of halogens is 1. The number of fused-ring (bicyclic) bond motifs is 1. The van der Waals surface area contributed by atoms with Gasteiger partial charge in [-0.2, -0.15) is 5.10 Å². The lowest BCUT2D eigenvalue weighted by atomic mass is 10.0. The van der Waals surface area contributed by atoms with Crippen molar-refractivity contribution in [2.45, 2.75) is 6.92 Å². The fourth-order valence-corrected chi connectivity index (χ4v) is 4.41. The molecule has 1 saturated heterocycles. The largest absolute Gasteiger partial charge is 0.496 e. The molecule has 0 aliphatic carbocycles. The topological polar surface area (TPSA) is 74.4 Å². The molecule has 0 unspecified atom stereocenters. The van der Waals surface area contributed by atoms with E-state index in [2.05, 4.69) is 27.0 Å². The molecule has 34 heavy (non-hydrogen) atoms. The molecule has 4 aromatic rings. The Hall–Kier alpha value is -3.78. The van der Waals surface area contributed by atoms with Crippen molar-refractivity contribution in [1.29, 1.82) is 0 Å². The molecule has 0 saturated carbocycles. The molecular formula is C26H26FN5O2. The van der Waals surface area contributed by atoms with E-state index in [0.717, 1.165) is 49.2 Å². The molecular weight excluding hydrogens is 433 g/mol. The van der Waals surface area contributed by atoms with Gasteiger partial charge in [0.15, 0.2) is 5.65 Å². The lowest BCUT2D eigenvalue weighted by Crippen LogP contribution is -2.48. The zero-order valence-corrected chi connectivity index (χ0v) is 19.2. The van der Waals surface area contributed by atoms with Gasteiger partial charge in [0, 0.05) is 54.5 Å². The summed E-state index contributed by atoms with van der Waals surface area (Å²) in [5.74, 6) is 0.193. The highest BCUT2D eigenvalue weighted by atomic mass is 19.1. The van der Waals surface area contributed by atoms with Crippen molar-refractivity contribution < 1.29 is 13.9 Å². The lowest BCUT2D eigenvalue weighted by Gasteiger charge is -2.34. The number of likely N-dealkylation sites (N-methyl/N-ethyl adjacent to an activating group) is 1. The van der Waals surface area contributed by atoms with Crippen LogP contribution in [0.3, 0.4) is 0 Å². The van der Waals surface area contributed by atoms with Gasteiger partial charge in [0.2, 0.25) is 0 Å². The summed E-state index contributed by atoms with van der Waals surface area (Å²) in [6.07, 6.45) is 1.75. The highest BCUT2D eigenvalue weighted by Gasteiger charge is 2.22. The number of carbonyl (C=O) groups is 1. The number of hydrogen-bond donors (Lipinski definition) is 1. The second-order valence-electron chi connectivity index (χ2n) is 8.34. The Morgan fingerprint density at radius 1 is 1.09 bits per heavy atom. The van der Waals surface area contributed by atoms with Crippen molar-refractivity contribution in [2.24, 2.45) is 0 Å². The van der Waals surface area contributed by atoms with Crippen molar-refractivity contribution in [3.63, 3.8) is 0 Å². The Balaban J connectivity index is 1.48. The first-order valence-corrected chi connectivity index (χ1v) is 11.4. The third-order valence-corrected chi connectivity index (χ3v) is 6.38. The van der Waals surface area contributed by atoms with E-state index >= 15 is 0 Å². The number of nitrogens with one attached hydrogen (secondary N) is 1. The molecule has 1 amide bonds. The molecule has 8 heteroatoms. The van der Waals surface area contributed by atoms with Gasteiger partial charge in [-0.1, -0.05) is 19.1 Å². The third-order valence-electron chi connectivity index (χ3n) is 6.38. The van der Waals surface area contributed by atoms with Crippen LogP contribution < -0.4 is 4.74 Å². The van der Waals surface area contributed by atoms with Crippen LogP contribution in [0, 0.1) is 5.82 Å². The predicted molar refractivity (Wildman–Crippen MR) is 129 cm³/mol. The molecule has 1 N–H and O–H groups in total. The zero-order chi connectivity index (χ0) is 23.7. The van der Waals surface area contributed by atoms with Crippen LogP contribution in [0.25, 0.3) is 33.4 Å². The van der Waals surface area contributed by atoms with Crippen molar-refractivity contribution in [3.05, 3.63) is 66.1 Å². The van der Waals surface area contributed by atoms with Crippen LogP contribution in [0.4, 0.5) is 4.39 Å². The van der Waals surface area contributed by atoms with Gasteiger partial charge in [-0.25, -0.2) is 9.37 Å². The van der Waals surface area contributed by atoms with Gasteiger partial charge >= 0.3 is 0 Å². The van der Waals surface area contributed by atoms with Gasteiger partial charge in [-0.15, -0.1) is 0 Å². The first kappa shape index (κ1) is 22.0. The molecule has 0 radical (unpaired) electrons. The zero-order valence-electron chi connectivity index (χ0n) is 19.2. The summed E-state index contributed by atoms with van der Waals surface area (Å²) in [5, 5.41) is 8.03. The second-order valence-corrected chi connectivity index (χ2v) is 8.34. The van der Waals surface area contributed by atoms with Crippen molar-refractivity contribution in [1.82, 2.24) is 25.0 Å². The maximum absolute atomic E-state index is 14.0. The van der Waals surface area contributed by atoms with Gasteiger partial charge < -0.3 is 14.5 Å². The van der Waals surface area contributed by atoms with E-state index in [1.165, 1.54) is 12.1 Å². The smallest absolute Gasteiger partial charge is 0.253 e. The summed E-state index contributed by atoms with van der Waals surface area (Å²) in [6, 6.07) is 13.9. The number of pyridine rings is 1. The number of piperazine rings is 1. The van der Waals surface area contributed by atoms with Crippen LogP contribution in [-0.4, -0.2) is 70.7 Å². The van der Waals surface area contributed by atoms with E-state index in [1.807, 2.05) is 35.2 Å². The fraction of sp³-hybridized carbons (Fsp3) is 0.269. The number of aromatic nitrogens is 3. The number of hydrogen-bond acceptors (Lipinski definition) is 5. The second kappa shape index (κ2) is 9.23. The molecule has 1 aliphatic rings. The van der Waals surface area contributed by atoms with Gasteiger partial charge in [0.05, 0.1) is 7.11 Å². The van der Waals surface area contributed by atoms with E-state index in [-0.39, 0.29) is 11.7 Å². The SMILES string of the molecule is CCN1CCN(C(=O)c2cccc(-c3cnc4[nH]nc(-c5cc(F)ccc5OC)c4c3)c2)CC1. The number of methoxy groups -OCH3 is 1. The van der Waals surface area contributed by atoms with Gasteiger partial charge in [-0.05, 0) is 48.5 Å². The number of aromatic amines is 1. The maximum atomic E-state index is 14.0. The van der Waals surface area contributed by atoms with Gasteiger partial charge in [-0.3, -0.25) is 9.89 Å². The summed E-state index contributed by atoms with van der Waals surface area (Å²) in [4.78, 5) is 21.9. The van der Waals surface area contributed by atoms with Crippen LogP contribution >= 0.6 is 0 Å². The van der Waals surface area contributed by atoms with Crippen LogP contribution in [0.2, 0.25) is 0 Å². The monoisotopic (exact) mass is 459 g/mol. The summed E-state index contributed by atoms with van der Waals surface area (Å²) in [7, 11) is 1.54. The number of rotatable bonds is 5. The van der Waals surface area contributed by atoms with Crippen LogP contribution in [0.1, 0.15) is 17.3 Å². The van der Waals surface area contributed by atoms with Crippen molar-refractivity contribution >= 4 is 16.9 Å². The minimum Gasteiger partial charge on any atom is -0.496 e. The quantitative estimate of drug-likeness (QED) is 0.484. The van der Waals surface area contributed by atoms with Crippen LogP contribution in [0.15, 0.2) is 54.7 Å². The first-order chi connectivity index (χ1) is 16.6. The number of nitrogens with zero attached hydrogens (tertiary/aromatic N) is 4. The number of amides is 1. The first-order valence-electron chi connectivity index (χ1n) is 11.4. The summed E-state index contributed by atoms with van der Waals surface area (Å²) in [5.41, 5.74) is 4.07. The van der Waals surface area contributed by atoms with E-state index in [1.54, 1.807) is 19.4 Å². The Morgan fingerprint density at radius 3 is 2.68 bits per heavy atom. The molecule has 7 nitrogen and oxygen atoms in total. The molecule has 2 aromatic carbocycles. The Bertz CT molecular complexity index is 1340. The molecule has 1 aliphatic heterocycles. The molecule has 174 valence electrons. The van der Waals surface area contributed by atoms with Crippen molar-refractivity contribution in [3.8, 4) is 28.1 Å². The number of H-pyrrole nitrogens is 1. The Kier molecular flexibility index (Phi) is 5.98. The molecule has 0 bridgehead atoms. The van der Waals surface area contributed by atoms with Crippen molar-refractivity contribution in [2.75, 3.05) is 39.8 Å². The van der Waals surface area contributed by atoms with Crippen LogP contribution in [-0.2, 0) is 0 Å². The van der Waals surface area contributed by atoms with E-state index < -0.39 is 0 Å². The summed E-state index contributed by atoms with van der Waals surface area (Å²) in [6.45, 7) is 6.41. The third kappa shape index (κ3) is 4.12. The molecule has 1 fully saturated rings. The predicted octanol–water partition coefficient (Wildman–Crippen LogP) is 4.22. The Morgan fingerprint density at radius 2 is 1.91 bits per heavy atom. The number of ether oxygens (including phenoxy) is 1. The molecule has 5 rings (SSSR count). The van der Waals surface area contributed by atoms with Gasteiger partial charge in [0.1, 0.15) is 17.3 Å². The average Bonchev–Trinajstić information content (AvgIpc) is 3.31. The normalized spacial score (nSPS) is 14.5. The van der Waals surface area contributed by atoms with E-state index in [0.29, 0.717) is 28.2 Å². The summed E-state index contributed by atoms with van der Waals surface area (Å²) < 4.78 is 19.4. The molecule has 2 aromatic heterocycles. The highest BCUT2D eigenvalue weighted by molar-refractivity contribution is 5.97. The summed E-state index contributed by atoms with van der Waals surface area (Å²) >= 11 is 0. The standard InChI is InChI=1S/C26H26FN5O2/c1-3-31-9-11-32(12-10-31)26(33)18-6-4-5-17(13-18)19-14-22-24(29-30-25(22)28-16-19)21-15-20(27)7-8-23(21)34-2/h4-8,13-16H,3,9-12H2,1-2H3,(H,28,29,30). The molecule has 0 spiro atoms. The number of carbonyl (C=O) groups excluding carboxylic acids is 1. The minimum atomic E-state index is -0.373. The maximum Gasteiger partial charge on any atom is 0.253 e. The molecule has 3 heterocycles. The Labute approximate surface area is 197 Å². The highest BCUT2D eigenvalue weighted by Crippen LogP contribution is 2.35. The van der Waals surface area contributed by atoms with Gasteiger partial charge in [0.25, 0.3) is 5.91 Å². The average molecular weight is 460 g/mol. The lowest BCUT2D eigenvalue weighted by molar-refractivity contribution is 0.0643. The minimum absolute atomic E-state index is 0.0418. The number of benzene rings is 2. The van der Waals surface area contributed by atoms with E-state index in [9.17, 15) is 9.18 Å². The molecule has 0 atom stereocenters.